The van der Waals surface area contributed by atoms with Crippen LogP contribution < -0.4 is 15.4 Å². The summed E-state index contributed by atoms with van der Waals surface area (Å²) >= 11 is 1.72. The van der Waals surface area contributed by atoms with Crippen molar-refractivity contribution in [1.82, 2.24) is 14.6 Å². The van der Waals surface area contributed by atoms with E-state index >= 15 is 0 Å². The maximum atomic E-state index is 12.2. The van der Waals surface area contributed by atoms with Crippen molar-refractivity contribution in [3.8, 4) is 16.9 Å². The number of nitrogens with one attached hydrogen (secondary N) is 2. The minimum atomic E-state index is -0.267. The molecule has 0 aliphatic heterocycles. The predicted molar refractivity (Wildman–Crippen MR) is 147 cm³/mol. The van der Waals surface area contributed by atoms with Crippen LogP contribution in [-0.2, 0) is 13.0 Å². The van der Waals surface area contributed by atoms with E-state index in [-0.39, 0.29) is 6.03 Å². The van der Waals surface area contributed by atoms with E-state index in [9.17, 15) is 4.79 Å². The van der Waals surface area contributed by atoms with E-state index in [1.54, 1.807) is 24.3 Å². The summed E-state index contributed by atoms with van der Waals surface area (Å²) in [6, 6.07) is 27.9. The molecule has 2 amide bonds. The number of amides is 2. The molecule has 0 spiro atoms. The highest BCUT2D eigenvalue weighted by Crippen LogP contribution is 2.34. The fourth-order valence-corrected chi connectivity index (χ4v) is 4.55. The zero-order valence-corrected chi connectivity index (χ0v) is 21.3. The molecule has 4 aromatic rings. The number of carbonyl (C=O) groups excluding carboxylic acids is 1. The average Bonchev–Trinajstić information content (AvgIpc) is 2.89. The normalized spacial score (nSPS) is 10.8. The van der Waals surface area contributed by atoms with Crippen molar-refractivity contribution in [2.45, 2.75) is 17.9 Å². The summed E-state index contributed by atoms with van der Waals surface area (Å²) in [6.45, 7) is 0.971. The van der Waals surface area contributed by atoms with E-state index in [0.29, 0.717) is 18.8 Å². The van der Waals surface area contributed by atoms with E-state index in [0.717, 1.165) is 17.7 Å². The Labute approximate surface area is 216 Å². The van der Waals surface area contributed by atoms with Crippen molar-refractivity contribution in [2.24, 2.45) is 0 Å². The Kier molecular flexibility index (Phi) is 8.97. The van der Waals surface area contributed by atoms with Crippen LogP contribution in [0.4, 0.5) is 10.5 Å². The molecule has 3 aromatic carbocycles. The third-order valence-corrected chi connectivity index (χ3v) is 6.32. The lowest BCUT2D eigenvalue weighted by molar-refractivity contribution is 0.251. The van der Waals surface area contributed by atoms with E-state index in [4.69, 9.17) is 4.74 Å². The number of urea groups is 1. The molecule has 1 heterocycles. The van der Waals surface area contributed by atoms with Crippen LogP contribution in [0.25, 0.3) is 11.1 Å². The number of benzene rings is 3. The van der Waals surface area contributed by atoms with Gasteiger partial charge in [0.15, 0.2) is 0 Å². The van der Waals surface area contributed by atoms with Crippen LogP contribution in [0.3, 0.4) is 0 Å². The molecule has 0 bridgehead atoms. The summed E-state index contributed by atoms with van der Waals surface area (Å²) in [7, 11) is 4.10. The first-order valence-electron chi connectivity index (χ1n) is 11.8. The van der Waals surface area contributed by atoms with Gasteiger partial charge in [0.2, 0.25) is 0 Å². The minimum absolute atomic E-state index is 0.267. The molecular weight excluding hydrogens is 468 g/mol. The monoisotopic (exact) mass is 498 g/mol. The SMILES string of the molecule is CN(C)Sc1ccccc1-c1ccccc1CCOc1ccc(NC(=O)NCc2cccnc2)cc1. The summed E-state index contributed by atoms with van der Waals surface area (Å²) in [6.07, 6.45) is 4.22. The van der Waals surface area contributed by atoms with Crippen molar-refractivity contribution < 1.29 is 9.53 Å². The Hall–Kier alpha value is -3.81. The Morgan fingerprint density at radius 1 is 0.917 bits per heavy atom. The van der Waals surface area contributed by atoms with Gasteiger partial charge in [-0.25, -0.2) is 4.79 Å². The number of carbonyl (C=O) groups is 1. The fraction of sp³-hybridized carbons (Fsp3) is 0.172. The lowest BCUT2D eigenvalue weighted by atomic mass is 9.98. The molecule has 0 unspecified atom stereocenters. The highest BCUT2D eigenvalue weighted by atomic mass is 32.2. The topological polar surface area (TPSA) is 66.5 Å². The number of rotatable bonds is 10. The first-order valence-corrected chi connectivity index (χ1v) is 12.5. The average molecular weight is 499 g/mol. The first kappa shape index (κ1) is 25.3. The quantitative estimate of drug-likeness (QED) is 0.253. The molecule has 0 atom stereocenters. The molecule has 0 saturated carbocycles. The summed E-state index contributed by atoms with van der Waals surface area (Å²) in [4.78, 5) is 17.4. The molecule has 0 aliphatic carbocycles. The number of hydrogen-bond donors (Lipinski definition) is 2. The van der Waals surface area contributed by atoms with Gasteiger partial charge in [-0.15, -0.1) is 0 Å². The van der Waals surface area contributed by atoms with E-state index in [2.05, 4.69) is 82.5 Å². The standard InChI is InChI=1S/C29H30N4O2S/c1-33(2)36-28-12-6-5-11-27(28)26-10-4-3-9-23(26)17-19-35-25-15-13-24(14-16-25)32-29(34)31-21-22-8-7-18-30-20-22/h3-16,18,20H,17,19,21H2,1-2H3,(H2,31,32,34). The van der Waals surface area contributed by atoms with Crippen LogP contribution in [0, 0.1) is 0 Å². The lowest BCUT2D eigenvalue weighted by Gasteiger charge is -2.16. The molecule has 1 aromatic heterocycles. The number of nitrogens with zero attached hydrogens (tertiary/aromatic N) is 2. The summed E-state index contributed by atoms with van der Waals surface area (Å²) in [5, 5.41) is 5.66. The predicted octanol–water partition coefficient (Wildman–Crippen LogP) is 6.26. The molecule has 36 heavy (non-hydrogen) atoms. The summed E-state index contributed by atoms with van der Waals surface area (Å²) in [5.74, 6) is 0.761. The molecule has 184 valence electrons. The van der Waals surface area contributed by atoms with Gasteiger partial charge in [-0.2, -0.15) is 0 Å². The maximum absolute atomic E-state index is 12.2. The summed E-state index contributed by atoms with van der Waals surface area (Å²) < 4.78 is 8.12. The van der Waals surface area contributed by atoms with Crippen molar-refractivity contribution in [1.29, 1.82) is 0 Å². The van der Waals surface area contributed by atoms with Gasteiger partial charge in [0.05, 0.1) is 6.61 Å². The van der Waals surface area contributed by atoms with Gasteiger partial charge in [-0.3, -0.25) is 9.29 Å². The Bertz CT molecular complexity index is 1260. The second kappa shape index (κ2) is 12.8. The van der Waals surface area contributed by atoms with Crippen LogP contribution in [0.15, 0.2) is 102 Å². The van der Waals surface area contributed by atoms with Crippen molar-refractivity contribution in [3.63, 3.8) is 0 Å². The molecule has 0 radical (unpaired) electrons. The van der Waals surface area contributed by atoms with Crippen LogP contribution >= 0.6 is 11.9 Å². The maximum Gasteiger partial charge on any atom is 0.319 e. The van der Waals surface area contributed by atoms with Crippen molar-refractivity contribution >= 4 is 23.7 Å². The number of hydrogen-bond acceptors (Lipinski definition) is 5. The van der Waals surface area contributed by atoms with E-state index in [1.165, 1.54) is 21.6 Å². The molecule has 0 saturated heterocycles. The van der Waals surface area contributed by atoms with Gasteiger partial charge < -0.3 is 15.4 Å². The van der Waals surface area contributed by atoms with Gasteiger partial charge in [-0.1, -0.05) is 48.5 Å². The summed E-state index contributed by atoms with van der Waals surface area (Å²) in [5.41, 5.74) is 5.34. The minimum Gasteiger partial charge on any atom is -0.493 e. The van der Waals surface area contributed by atoms with Crippen LogP contribution in [-0.4, -0.2) is 36.0 Å². The van der Waals surface area contributed by atoms with Crippen molar-refractivity contribution in [3.05, 3.63) is 108 Å². The smallest absolute Gasteiger partial charge is 0.319 e. The second-order valence-corrected chi connectivity index (χ2v) is 9.70. The van der Waals surface area contributed by atoms with Gasteiger partial charge in [-0.05, 0) is 84.7 Å². The van der Waals surface area contributed by atoms with Gasteiger partial charge in [0.1, 0.15) is 5.75 Å². The Balaban J connectivity index is 1.31. The molecule has 0 fully saturated rings. The zero-order valence-electron chi connectivity index (χ0n) is 20.5. The Morgan fingerprint density at radius 3 is 2.42 bits per heavy atom. The molecule has 0 aliphatic rings. The lowest BCUT2D eigenvalue weighted by Crippen LogP contribution is -2.28. The zero-order chi connectivity index (χ0) is 25.2. The number of anilines is 1. The molecular formula is C29H30N4O2S. The van der Waals surface area contributed by atoms with Gasteiger partial charge >= 0.3 is 6.03 Å². The molecule has 4 rings (SSSR count). The Morgan fingerprint density at radius 2 is 1.67 bits per heavy atom. The molecule has 7 heteroatoms. The number of ether oxygens (including phenoxy) is 1. The highest BCUT2D eigenvalue weighted by molar-refractivity contribution is 7.97. The highest BCUT2D eigenvalue weighted by Gasteiger charge is 2.11. The van der Waals surface area contributed by atoms with Gasteiger partial charge in [0.25, 0.3) is 0 Å². The molecule has 2 N–H and O–H groups in total. The second-order valence-electron chi connectivity index (χ2n) is 8.35. The first-order chi connectivity index (χ1) is 17.6. The van der Waals surface area contributed by atoms with Gasteiger partial charge in [0, 0.05) is 35.9 Å². The van der Waals surface area contributed by atoms with E-state index < -0.39 is 0 Å². The number of pyridine rings is 1. The van der Waals surface area contributed by atoms with Crippen molar-refractivity contribution in [2.75, 3.05) is 26.0 Å². The molecule has 6 nitrogen and oxygen atoms in total. The van der Waals surface area contributed by atoms with Crippen LogP contribution in [0.5, 0.6) is 5.75 Å². The van der Waals surface area contributed by atoms with E-state index in [1.807, 2.05) is 36.4 Å². The third-order valence-electron chi connectivity index (χ3n) is 5.40. The largest absolute Gasteiger partial charge is 0.493 e. The number of aromatic nitrogens is 1. The third kappa shape index (κ3) is 7.34. The van der Waals surface area contributed by atoms with Crippen LogP contribution in [0.2, 0.25) is 0 Å². The van der Waals surface area contributed by atoms with Crippen LogP contribution in [0.1, 0.15) is 11.1 Å². The fourth-order valence-electron chi connectivity index (χ4n) is 3.74.